The first-order chi connectivity index (χ1) is 9.78. The van der Waals surface area contributed by atoms with Gasteiger partial charge in [0, 0.05) is 6.54 Å². The first-order valence-electron chi connectivity index (χ1n) is 5.88. The number of rotatable bonds is 4. The highest BCUT2D eigenvalue weighted by Crippen LogP contribution is 2.32. The molecular weight excluding hydrogens is 280 g/mol. The Kier molecular flexibility index (Phi) is 3.36. The molecule has 0 unspecified atom stereocenters. The number of fused-ring (bicyclic) bond motifs is 1. The molecule has 3 rings (SSSR count). The van der Waals surface area contributed by atoms with Crippen molar-refractivity contribution in [2.24, 2.45) is 0 Å². The second-order valence-corrected chi connectivity index (χ2v) is 4.45. The van der Waals surface area contributed by atoms with Gasteiger partial charge in [0.2, 0.25) is 11.7 Å². The zero-order chi connectivity index (χ0) is 13.9. The van der Waals surface area contributed by atoms with Crippen LogP contribution in [-0.2, 0) is 11.3 Å². The average Bonchev–Trinajstić information content (AvgIpc) is 2.88. The number of carbonyl (C=O) groups excluding carboxylic acids is 1. The van der Waals surface area contributed by atoms with E-state index in [1.807, 2.05) is 24.3 Å². The van der Waals surface area contributed by atoms with Gasteiger partial charge in [-0.05, 0) is 29.3 Å². The van der Waals surface area contributed by atoms with E-state index in [0.29, 0.717) is 18.8 Å². The van der Waals surface area contributed by atoms with Crippen LogP contribution in [0, 0.1) is 0 Å². The lowest BCUT2D eigenvalue weighted by atomic mass is 10.2. The van der Waals surface area contributed by atoms with Crippen molar-refractivity contribution < 1.29 is 4.79 Å². The Labute approximate surface area is 119 Å². The van der Waals surface area contributed by atoms with E-state index in [1.54, 1.807) is 11.2 Å². The summed E-state index contributed by atoms with van der Waals surface area (Å²) in [7, 11) is 0. The summed E-state index contributed by atoms with van der Waals surface area (Å²) in [6.07, 6.45) is 2.29. The lowest BCUT2D eigenvalue weighted by Gasteiger charge is -2.17. The maximum atomic E-state index is 10.3. The zero-order valence-electron chi connectivity index (χ0n) is 10.3. The van der Waals surface area contributed by atoms with Crippen LogP contribution in [-0.4, -0.2) is 16.4 Å². The second kappa shape index (κ2) is 5.32. The van der Waals surface area contributed by atoms with Crippen LogP contribution in [0.2, 0.25) is 5.28 Å². The molecule has 0 saturated heterocycles. The minimum Gasteiger partial charge on any atom is -0.355 e. The largest absolute Gasteiger partial charge is 0.355 e. The van der Waals surface area contributed by atoms with Crippen LogP contribution < -0.4 is 21.3 Å². The van der Waals surface area contributed by atoms with E-state index in [4.69, 9.17) is 11.6 Å². The molecule has 1 amide bonds. The number of halogens is 1. The predicted octanol–water partition coefficient (Wildman–Crippen LogP) is 1.36. The fourth-order valence-corrected chi connectivity index (χ4v) is 2.02. The van der Waals surface area contributed by atoms with Crippen molar-refractivity contribution in [3.63, 3.8) is 0 Å². The average molecular weight is 291 g/mol. The van der Waals surface area contributed by atoms with Crippen LogP contribution in [0.4, 0.5) is 17.2 Å². The van der Waals surface area contributed by atoms with Gasteiger partial charge >= 0.3 is 0 Å². The lowest BCUT2D eigenvalue weighted by Crippen LogP contribution is -2.31. The van der Waals surface area contributed by atoms with Crippen LogP contribution in [0.25, 0.3) is 0 Å². The van der Waals surface area contributed by atoms with E-state index in [1.165, 1.54) is 0 Å². The van der Waals surface area contributed by atoms with Crippen LogP contribution in [0.1, 0.15) is 5.56 Å². The summed E-state index contributed by atoms with van der Waals surface area (Å²) >= 11 is 5.81. The molecule has 0 fully saturated rings. The number of hydrogen-bond donors (Lipinski definition) is 3. The molecule has 1 aliphatic heterocycles. The van der Waals surface area contributed by atoms with E-state index in [2.05, 4.69) is 26.2 Å². The van der Waals surface area contributed by atoms with Crippen molar-refractivity contribution >= 4 is 35.2 Å². The normalized spacial score (nSPS) is 12.8. The van der Waals surface area contributed by atoms with Gasteiger partial charge in [0.1, 0.15) is 5.69 Å². The number of aromatic nitrogens is 2. The summed E-state index contributed by atoms with van der Waals surface area (Å²) in [5.74, 6) is 0.656. The molecule has 102 valence electrons. The van der Waals surface area contributed by atoms with Gasteiger partial charge in [-0.2, -0.15) is 4.98 Å². The van der Waals surface area contributed by atoms with E-state index in [9.17, 15) is 4.79 Å². The number of nitrogens with one attached hydrogen (secondary N) is 3. The van der Waals surface area contributed by atoms with E-state index < -0.39 is 0 Å². The minimum absolute atomic E-state index is 0.186. The number of nitrogens with zero attached hydrogens (tertiary/aromatic N) is 3. The summed E-state index contributed by atoms with van der Waals surface area (Å²) in [6, 6.07) is 7.69. The number of benzene rings is 1. The Bertz CT molecular complexity index is 632. The Hall–Kier alpha value is -2.38. The Morgan fingerprint density at radius 2 is 2.15 bits per heavy atom. The predicted molar refractivity (Wildman–Crippen MR) is 75.3 cm³/mol. The Balaban J connectivity index is 1.84. The number of amides is 1. The number of carbonyl (C=O) groups is 1. The van der Waals surface area contributed by atoms with Gasteiger partial charge in [0.25, 0.3) is 0 Å². The number of hydrogen-bond acceptors (Lipinski definition) is 6. The first-order valence-corrected chi connectivity index (χ1v) is 6.26. The smallest absolute Gasteiger partial charge is 0.224 e. The molecule has 1 aliphatic rings. The minimum atomic E-state index is 0.186. The second-order valence-electron chi connectivity index (χ2n) is 4.11. The molecule has 0 aliphatic carbocycles. The molecule has 0 bridgehead atoms. The fraction of sp³-hybridized carbons (Fsp3) is 0.0833. The molecule has 7 nitrogen and oxygen atoms in total. The van der Waals surface area contributed by atoms with Crippen molar-refractivity contribution in [1.29, 1.82) is 0 Å². The van der Waals surface area contributed by atoms with Crippen molar-refractivity contribution in [3.8, 4) is 0 Å². The zero-order valence-corrected chi connectivity index (χ0v) is 11.1. The standard InChI is InChI=1S/C12H11ClN6O/c13-12-15-6-10-11(16-12)19(18-17-10)9-3-1-8(2-4-9)5-14-7-20/h1-4,6-7,17-18H,5H2,(H,14,20). The van der Waals surface area contributed by atoms with Gasteiger partial charge in [-0.15, -0.1) is 5.53 Å². The summed E-state index contributed by atoms with van der Waals surface area (Å²) < 4.78 is 0. The van der Waals surface area contributed by atoms with Crippen LogP contribution in [0.3, 0.4) is 0 Å². The van der Waals surface area contributed by atoms with Gasteiger partial charge in [0.05, 0.1) is 11.9 Å². The molecule has 20 heavy (non-hydrogen) atoms. The Morgan fingerprint density at radius 1 is 1.35 bits per heavy atom. The molecule has 3 N–H and O–H groups in total. The quantitative estimate of drug-likeness (QED) is 0.583. The van der Waals surface area contributed by atoms with E-state index in [-0.39, 0.29) is 5.28 Å². The van der Waals surface area contributed by atoms with Crippen LogP contribution >= 0.6 is 11.6 Å². The Morgan fingerprint density at radius 3 is 2.90 bits per heavy atom. The third-order valence-corrected chi connectivity index (χ3v) is 3.02. The molecule has 0 saturated carbocycles. The van der Waals surface area contributed by atoms with Crippen LogP contribution in [0.5, 0.6) is 0 Å². The third kappa shape index (κ3) is 2.36. The molecular formula is C12H11ClN6O. The monoisotopic (exact) mass is 290 g/mol. The lowest BCUT2D eigenvalue weighted by molar-refractivity contribution is -0.109. The molecule has 1 aromatic heterocycles. The maximum absolute atomic E-state index is 10.3. The summed E-state index contributed by atoms with van der Waals surface area (Å²) in [4.78, 5) is 18.3. The van der Waals surface area contributed by atoms with Gasteiger partial charge in [-0.1, -0.05) is 12.1 Å². The summed E-state index contributed by atoms with van der Waals surface area (Å²) in [6.45, 7) is 0.500. The first kappa shape index (κ1) is 12.6. The van der Waals surface area contributed by atoms with Gasteiger partial charge in [-0.25, -0.2) is 9.99 Å². The topological polar surface area (TPSA) is 82.2 Å². The molecule has 0 radical (unpaired) electrons. The summed E-state index contributed by atoms with van der Waals surface area (Å²) in [5.41, 5.74) is 8.59. The summed E-state index contributed by atoms with van der Waals surface area (Å²) in [5, 5.41) is 4.57. The SMILES string of the molecule is O=CNCc1ccc(N2NNc3cnc(Cl)nc32)cc1. The highest BCUT2D eigenvalue weighted by atomic mass is 35.5. The highest BCUT2D eigenvalue weighted by molar-refractivity contribution is 6.28. The fourth-order valence-electron chi connectivity index (χ4n) is 1.89. The van der Waals surface area contributed by atoms with Gasteiger partial charge in [-0.3, -0.25) is 10.2 Å². The van der Waals surface area contributed by atoms with Crippen molar-refractivity contribution in [2.75, 3.05) is 10.4 Å². The number of hydrazine groups is 2. The maximum Gasteiger partial charge on any atom is 0.224 e. The van der Waals surface area contributed by atoms with Crippen molar-refractivity contribution in [1.82, 2.24) is 20.8 Å². The highest BCUT2D eigenvalue weighted by Gasteiger charge is 2.22. The molecule has 8 heteroatoms. The molecule has 0 spiro atoms. The van der Waals surface area contributed by atoms with Gasteiger partial charge < -0.3 is 5.32 Å². The number of anilines is 3. The molecule has 2 heterocycles. The molecule has 1 aromatic carbocycles. The molecule has 0 atom stereocenters. The van der Waals surface area contributed by atoms with E-state index in [0.717, 1.165) is 16.9 Å². The molecule has 2 aromatic rings. The van der Waals surface area contributed by atoms with Crippen molar-refractivity contribution in [2.45, 2.75) is 6.54 Å². The van der Waals surface area contributed by atoms with Crippen molar-refractivity contribution in [3.05, 3.63) is 41.3 Å². The van der Waals surface area contributed by atoms with E-state index >= 15 is 0 Å². The van der Waals surface area contributed by atoms with Gasteiger partial charge in [0.15, 0.2) is 5.82 Å². The third-order valence-electron chi connectivity index (χ3n) is 2.84. The van der Waals surface area contributed by atoms with Crippen LogP contribution in [0.15, 0.2) is 30.5 Å².